The molecule has 120 valence electrons. The van der Waals surface area contributed by atoms with E-state index in [2.05, 4.69) is 20.1 Å². The molecule has 0 aliphatic carbocycles. The molecule has 0 aliphatic rings. The molecule has 9 heteroatoms. The van der Waals surface area contributed by atoms with Gasteiger partial charge in [0.1, 0.15) is 5.82 Å². The Kier molecular flexibility index (Phi) is 3.12. The monoisotopic (exact) mass is 324 g/mol. The van der Waals surface area contributed by atoms with Crippen LogP contribution in [0.5, 0.6) is 0 Å². The number of benzene rings is 1. The van der Waals surface area contributed by atoms with Crippen LogP contribution in [0.15, 0.2) is 43.0 Å². The van der Waals surface area contributed by atoms with Crippen LogP contribution in [0.4, 0.5) is 16.0 Å². The number of nitrogens with zero attached hydrogens (tertiary/aromatic N) is 6. The Hall–Kier alpha value is -3.49. The van der Waals surface area contributed by atoms with Crippen molar-refractivity contribution in [2.45, 2.75) is 6.54 Å². The number of nitrogen functional groups attached to an aromatic ring is 2. The third kappa shape index (κ3) is 2.32. The highest BCUT2D eigenvalue weighted by Gasteiger charge is 2.15. The second-order valence-electron chi connectivity index (χ2n) is 5.25. The van der Waals surface area contributed by atoms with E-state index in [0.717, 1.165) is 0 Å². The lowest BCUT2D eigenvalue weighted by atomic mass is 10.2. The third-order valence-corrected chi connectivity index (χ3v) is 3.60. The summed E-state index contributed by atoms with van der Waals surface area (Å²) in [6.07, 6.45) is 4.94. The van der Waals surface area contributed by atoms with Crippen LogP contribution in [0.25, 0.3) is 17.0 Å². The number of imidazole rings is 1. The number of rotatable bonds is 3. The van der Waals surface area contributed by atoms with Crippen molar-refractivity contribution >= 4 is 22.8 Å². The molecule has 0 spiro atoms. The maximum absolute atomic E-state index is 14.0. The third-order valence-electron chi connectivity index (χ3n) is 3.60. The van der Waals surface area contributed by atoms with Gasteiger partial charge >= 0.3 is 0 Å². The minimum Gasteiger partial charge on any atom is -0.399 e. The van der Waals surface area contributed by atoms with Gasteiger partial charge in [0.05, 0.1) is 12.9 Å². The van der Waals surface area contributed by atoms with E-state index in [1.54, 1.807) is 46.2 Å². The highest BCUT2D eigenvalue weighted by atomic mass is 19.1. The molecule has 0 amide bonds. The topological polar surface area (TPSA) is 113 Å². The number of fused-ring (bicyclic) bond motifs is 1. The normalized spacial score (nSPS) is 11.2. The zero-order valence-electron chi connectivity index (χ0n) is 12.5. The van der Waals surface area contributed by atoms with Crippen molar-refractivity contribution in [3.8, 4) is 5.82 Å². The second-order valence-corrected chi connectivity index (χ2v) is 5.25. The first-order valence-corrected chi connectivity index (χ1v) is 7.14. The summed E-state index contributed by atoms with van der Waals surface area (Å²) in [6.45, 7) is 0.248. The Labute approximate surface area is 135 Å². The second kappa shape index (κ2) is 5.30. The average Bonchev–Trinajstić information content (AvgIpc) is 3.20. The predicted octanol–water partition coefficient (Wildman–Crippen LogP) is 1.36. The highest BCUT2D eigenvalue weighted by molar-refractivity contribution is 5.79. The average molecular weight is 324 g/mol. The van der Waals surface area contributed by atoms with Crippen molar-refractivity contribution in [2.24, 2.45) is 0 Å². The van der Waals surface area contributed by atoms with E-state index in [0.29, 0.717) is 28.2 Å². The Morgan fingerprint density at radius 1 is 1.17 bits per heavy atom. The highest BCUT2D eigenvalue weighted by Crippen LogP contribution is 2.20. The summed E-state index contributed by atoms with van der Waals surface area (Å²) in [6, 6.07) is 6.34. The molecular weight excluding hydrogens is 311 g/mol. The standard InChI is InChI=1S/C15H13FN8/c16-11-6-10(17)3-2-9(11)7-23-8-19-12-13(23)21-15(18)22-14(12)24-5-1-4-20-24/h1-6,8H,7,17H2,(H2,18,21,22). The number of hydrogen-bond donors (Lipinski definition) is 2. The lowest BCUT2D eigenvalue weighted by molar-refractivity contribution is 0.602. The summed E-state index contributed by atoms with van der Waals surface area (Å²) in [5.74, 6) is 0.178. The molecule has 4 N–H and O–H groups in total. The summed E-state index contributed by atoms with van der Waals surface area (Å²) >= 11 is 0. The van der Waals surface area contributed by atoms with Gasteiger partial charge in [-0.25, -0.2) is 14.1 Å². The molecule has 0 unspecified atom stereocenters. The van der Waals surface area contributed by atoms with Gasteiger partial charge in [0.15, 0.2) is 17.0 Å². The molecule has 1 aromatic carbocycles. The number of hydrogen-bond acceptors (Lipinski definition) is 6. The summed E-state index contributed by atoms with van der Waals surface area (Å²) in [5, 5.41) is 4.14. The number of anilines is 2. The minimum absolute atomic E-state index is 0.0903. The molecular formula is C15H13FN8. The zero-order chi connectivity index (χ0) is 16.7. The van der Waals surface area contributed by atoms with Crippen LogP contribution in [0.1, 0.15) is 5.56 Å². The van der Waals surface area contributed by atoms with Gasteiger partial charge in [-0.05, 0) is 18.2 Å². The van der Waals surface area contributed by atoms with Gasteiger partial charge in [0.25, 0.3) is 0 Å². The van der Waals surface area contributed by atoms with E-state index in [1.807, 2.05) is 0 Å². The number of nitrogens with two attached hydrogens (primary N) is 2. The molecule has 0 atom stereocenters. The molecule has 3 heterocycles. The predicted molar refractivity (Wildman–Crippen MR) is 86.8 cm³/mol. The summed E-state index contributed by atoms with van der Waals surface area (Å²) in [5.41, 5.74) is 13.3. The fourth-order valence-electron chi connectivity index (χ4n) is 2.49. The van der Waals surface area contributed by atoms with Gasteiger partial charge in [-0.1, -0.05) is 6.07 Å². The van der Waals surface area contributed by atoms with E-state index in [4.69, 9.17) is 11.5 Å². The van der Waals surface area contributed by atoms with E-state index in [9.17, 15) is 4.39 Å². The van der Waals surface area contributed by atoms with E-state index >= 15 is 0 Å². The van der Waals surface area contributed by atoms with Crippen LogP contribution in [-0.2, 0) is 6.54 Å². The zero-order valence-corrected chi connectivity index (χ0v) is 12.5. The minimum atomic E-state index is -0.383. The van der Waals surface area contributed by atoms with Crippen molar-refractivity contribution in [3.05, 3.63) is 54.4 Å². The fourth-order valence-corrected chi connectivity index (χ4v) is 2.49. The van der Waals surface area contributed by atoms with Gasteiger partial charge < -0.3 is 16.0 Å². The van der Waals surface area contributed by atoms with Gasteiger partial charge in [0, 0.05) is 23.6 Å². The molecule has 3 aromatic heterocycles. The molecule has 0 radical (unpaired) electrons. The maximum atomic E-state index is 14.0. The molecule has 0 saturated heterocycles. The van der Waals surface area contributed by atoms with Gasteiger partial charge in [-0.2, -0.15) is 15.1 Å². The van der Waals surface area contributed by atoms with Crippen LogP contribution in [-0.4, -0.2) is 29.3 Å². The van der Waals surface area contributed by atoms with Crippen LogP contribution in [0, 0.1) is 5.82 Å². The lowest BCUT2D eigenvalue weighted by Gasteiger charge is -2.07. The molecule has 4 aromatic rings. The van der Waals surface area contributed by atoms with Gasteiger partial charge in [-0.15, -0.1) is 0 Å². The van der Waals surface area contributed by atoms with E-state index in [1.165, 1.54) is 6.07 Å². The first-order valence-electron chi connectivity index (χ1n) is 7.14. The van der Waals surface area contributed by atoms with E-state index in [-0.39, 0.29) is 18.3 Å². The lowest BCUT2D eigenvalue weighted by Crippen LogP contribution is -2.07. The molecule has 0 aliphatic heterocycles. The summed E-state index contributed by atoms with van der Waals surface area (Å²) in [7, 11) is 0. The van der Waals surface area contributed by atoms with Gasteiger partial charge in [0.2, 0.25) is 5.95 Å². The molecule has 0 saturated carbocycles. The Morgan fingerprint density at radius 3 is 2.79 bits per heavy atom. The van der Waals surface area contributed by atoms with Crippen molar-refractivity contribution in [3.63, 3.8) is 0 Å². The molecule has 24 heavy (non-hydrogen) atoms. The van der Waals surface area contributed by atoms with Crippen molar-refractivity contribution in [2.75, 3.05) is 11.5 Å². The van der Waals surface area contributed by atoms with Crippen LogP contribution in [0.3, 0.4) is 0 Å². The number of halogens is 1. The largest absolute Gasteiger partial charge is 0.399 e. The Bertz CT molecular complexity index is 1020. The summed E-state index contributed by atoms with van der Waals surface area (Å²) < 4.78 is 17.3. The first kappa shape index (κ1) is 14.1. The van der Waals surface area contributed by atoms with Gasteiger partial charge in [-0.3, -0.25) is 0 Å². The van der Waals surface area contributed by atoms with Crippen molar-refractivity contribution in [1.82, 2.24) is 29.3 Å². The SMILES string of the molecule is Nc1ccc(Cn2cnc3c(-n4cccn4)nc(N)nc32)c(F)c1. The van der Waals surface area contributed by atoms with Crippen LogP contribution in [0.2, 0.25) is 0 Å². The molecule has 4 rings (SSSR count). The number of aromatic nitrogens is 6. The van der Waals surface area contributed by atoms with Crippen molar-refractivity contribution in [1.29, 1.82) is 0 Å². The van der Waals surface area contributed by atoms with Crippen molar-refractivity contribution < 1.29 is 4.39 Å². The quantitative estimate of drug-likeness (QED) is 0.550. The Morgan fingerprint density at radius 2 is 2.04 bits per heavy atom. The molecule has 0 bridgehead atoms. The molecule has 8 nitrogen and oxygen atoms in total. The van der Waals surface area contributed by atoms with Crippen LogP contribution >= 0.6 is 0 Å². The fraction of sp³-hybridized carbons (Fsp3) is 0.0667. The maximum Gasteiger partial charge on any atom is 0.224 e. The van der Waals surface area contributed by atoms with E-state index < -0.39 is 0 Å². The first-order chi connectivity index (χ1) is 11.6. The summed E-state index contributed by atoms with van der Waals surface area (Å²) in [4.78, 5) is 12.8. The Balaban J connectivity index is 1.83. The smallest absolute Gasteiger partial charge is 0.224 e. The van der Waals surface area contributed by atoms with Crippen LogP contribution < -0.4 is 11.5 Å². The molecule has 0 fully saturated rings.